The van der Waals surface area contributed by atoms with Crippen molar-refractivity contribution in [2.75, 3.05) is 0 Å². The molecule has 0 saturated carbocycles. The van der Waals surface area contributed by atoms with Crippen LogP contribution in [-0.2, 0) is 4.79 Å². The number of carbonyl (C=O) groups is 1. The molecule has 0 amide bonds. The Morgan fingerprint density at radius 1 is 1.08 bits per heavy atom. The molecule has 0 fully saturated rings. The minimum Gasteiger partial charge on any atom is -0.480 e. The Morgan fingerprint density at radius 2 is 1.67 bits per heavy atom. The highest BCUT2D eigenvalue weighted by Gasteiger charge is 2.21. The van der Waals surface area contributed by atoms with Crippen molar-refractivity contribution in [1.29, 1.82) is 0 Å². The van der Waals surface area contributed by atoms with Crippen molar-refractivity contribution in [3.63, 3.8) is 0 Å². The molecule has 3 aromatic rings. The fourth-order valence-electron chi connectivity index (χ4n) is 2.47. The Labute approximate surface area is 145 Å². The average Bonchev–Trinajstić information content (AvgIpc) is 3.05. The summed E-state index contributed by atoms with van der Waals surface area (Å²) < 4.78 is 0. The maximum Gasteiger partial charge on any atom is 0.317 e. The molecule has 0 aliphatic heterocycles. The van der Waals surface area contributed by atoms with E-state index in [0.717, 1.165) is 22.5 Å². The van der Waals surface area contributed by atoms with Crippen molar-refractivity contribution < 1.29 is 9.90 Å². The van der Waals surface area contributed by atoms with E-state index in [4.69, 9.17) is 0 Å². The van der Waals surface area contributed by atoms with Crippen LogP contribution in [0.15, 0.2) is 65.8 Å². The molecule has 1 atom stereocenters. The van der Waals surface area contributed by atoms with E-state index in [-0.39, 0.29) is 0 Å². The molecule has 0 aliphatic carbocycles. The van der Waals surface area contributed by atoms with Crippen LogP contribution in [0, 0.1) is 0 Å². The summed E-state index contributed by atoms with van der Waals surface area (Å²) in [5.74, 6) is -0.818. The topological polar surface area (TPSA) is 66.0 Å². The molecule has 2 aromatic carbocycles. The summed E-state index contributed by atoms with van der Waals surface area (Å²) in [4.78, 5) is 19.3. The standard InChI is InChI=1S/C19H18N2O2S/c1-2-15(18(22)23)24-19-20-16(13-9-5-3-6-10-13)17(21-19)14-11-7-4-8-12-14/h3-12,15H,2H2,1H3,(H,20,21)(H,22,23)/t15-/m1/s1. The van der Waals surface area contributed by atoms with Crippen molar-refractivity contribution in [3.8, 4) is 22.5 Å². The van der Waals surface area contributed by atoms with Crippen molar-refractivity contribution in [2.24, 2.45) is 0 Å². The third-order valence-electron chi connectivity index (χ3n) is 3.69. The molecular weight excluding hydrogens is 320 g/mol. The smallest absolute Gasteiger partial charge is 0.317 e. The number of nitrogens with zero attached hydrogens (tertiary/aromatic N) is 1. The molecule has 122 valence electrons. The first-order valence-electron chi connectivity index (χ1n) is 7.79. The summed E-state index contributed by atoms with van der Waals surface area (Å²) in [6, 6.07) is 19.9. The summed E-state index contributed by atoms with van der Waals surface area (Å²) >= 11 is 1.25. The molecule has 0 bridgehead atoms. The molecule has 0 spiro atoms. The van der Waals surface area contributed by atoms with Crippen molar-refractivity contribution in [3.05, 3.63) is 60.7 Å². The highest BCUT2D eigenvalue weighted by atomic mass is 32.2. The summed E-state index contributed by atoms with van der Waals surface area (Å²) in [7, 11) is 0. The molecule has 0 saturated heterocycles. The number of imidazole rings is 1. The maximum atomic E-state index is 11.3. The van der Waals surface area contributed by atoms with Gasteiger partial charge in [0.2, 0.25) is 0 Å². The highest BCUT2D eigenvalue weighted by molar-refractivity contribution is 8.00. The van der Waals surface area contributed by atoms with Crippen molar-refractivity contribution >= 4 is 17.7 Å². The van der Waals surface area contributed by atoms with E-state index in [2.05, 4.69) is 9.97 Å². The number of carboxylic acids is 1. The van der Waals surface area contributed by atoms with Crippen LogP contribution in [0.5, 0.6) is 0 Å². The maximum absolute atomic E-state index is 11.3. The number of H-pyrrole nitrogens is 1. The van der Waals surface area contributed by atoms with Gasteiger partial charge in [-0.25, -0.2) is 4.98 Å². The van der Waals surface area contributed by atoms with Crippen LogP contribution >= 0.6 is 11.8 Å². The van der Waals surface area contributed by atoms with Crippen LogP contribution in [-0.4, -0.2) is 26.3 Å². The quantitative estimate of drug-likeness (QED) is 0.639. The summed E-state index contributed by atoms with van der Waals surface area (Å²) in [6.45, 7) is 1.87. The van der Waals surface area contributed by atoms with Gasteiger partial charge in [-0.2, -0.15) is 0 Å². The third kappa shape index (κ3) is 3.51. The largest absolute Gasteiger partial charge is 0.480 e. The Hall–Kier alpha value is -2.53. The number of thioether (sulfide) groups is 1. The second-order valence-corrected chi connectivity index (χ2v) is 6.54. The highest BCUT2D eigenvalue weighted by Crippen LogP contribution is 2.34. The minimum absolute atomic E-state index is 0.511. The number of rotatable bonds is 6. The van der Waals surface area contributed by atoms with E-state index in [9.17, 15) is 9.90 Å². The van der Waals surface area contributed by atoms with Gasteiger partial charge in [-0.1, -0.05) is 79.3 Å². The molecule has 1 aromatic heterocycles. The van der Waals surface area contributed by atoms with Gasteiger partial charge in [0.05, 0.1) is 11.4 Å². The lowest BCUT2D eigenvalue weighted by Gasteiger charge is -2.05. The number of hydrogen-bond acceptors (Lipinski definition) is 3. The van der Waals surface area contributed by atoms with E-state index < -0.39 is 11.2 Å². The van der Waals surface area contributed by atoms with E-state index in [0.29, 0.717) is 11.6 Å². The molecule has 0 radical (unpaired) electrons. The fraction of sp³-hybridized carbons (Fsp3) is 0.158. The lowest BCUT2D eigenvalue weighted by molar-refractivity contribution is -0.136. The first-order valence-corrected chi connectivity index (χ1v) is 8.67. The molecule has 5 heteroatoms. The minimum atomic E-state index is -0.818. The fourth-order valence-corrected chi connectivity index (χ4v) is 3.31. The van der Waals surface area contributed by atoms with Gasteiger partial charge in [0.1, 0.15) is 5.25 Å². The average molecular weight is 338 g/mol. The molecule has 1 heterocycles. The van der Waals surface area contributed by atoms with Gasteiger partial charge < -0.3 is 10.1 Å². The van der Waals surface area contributed by atoms with Crippen LogP contribution in [0.25, 0.3) is 22.5 Å². The Kier molecular flexibility index (Phi) is 5.01. The second-order valence-electron chi connectivity index (χ2n) is 5.35. The molecule has 3 rings (SSSR count). The predicted octanol–water partition coefficient (Wildman–Crippen LogP) is 4.70. The summed E-state index contributed by atoms with van der Waals surface area (Å²) in [6.07, 6.45) is 0.544. The van der Waals surface area contributed by atoms with E-state index in [1.807, 2.05) is 67.6 Å². The van der Waals surface area contributed by atoms with Crippen LogP contribution in [0.4, 0.5) is 0 Å². The number of aliphatic carboxylic acids is 1. The number of aromatic nitrogens is 2. The lowest BCUT2D eigenvalue weighted by atomic mass is 10.1. The van der Waals surface area contributed by atoms with Gasteiger partial charge in [0, 0.05) is 11.1 Å². The van der Waals surface area contributed by atoms with Crippen LogP contribution < -0.4 is 0 Å². The van der Waals surface area contributed by atoms with Gasteiger partial charge in [-0.05, 0) is 6.42 Å². The zero-order valence-electron chi connectivity index (χ0n) is 13.3. The predicted molar refractivity (Wildman–Crippen MR) is 97.0 cm³/mol. The number of carboxylic acid groups (broad SMARTS) is 1. The number of hydrogen-bond donors (Lipinski definition) is 2. The number of benzene rings is 2. The normalized spacial score (nSPS) is 12.0. The number of aromatic amines is 1. The Morgan fingerprint density at radius 3 is 2.21 bits per heavy atom. The van der Waals surface area contributed by atoms with E-state index in [1.54, 1.807) is 0 Å². The summed E-state index contributed by atoms with van der Waals surface area (Å²) in [5, 5.41) is 9.40. The first kappa shape index (κ1) is 16.3. The monoisotopic (exact) mass is 338 g/mol. The zero-order chi connectivity index (χ0) is 16.9. The molecule has 4 nitrogen and oxygen atoms in total. The molecule has 0 aliphatic rings. The van der Waals surface area contributed by atoms with Crippen molar-refractivity contribution in [1.82, 2.24) is 9.97 Å². The van der Waals surface area contributed by atoms with Crippen LogP contribution in [0.2, 0.25) is 0 Å². The van der Waals surface area contributed by atoms with Gasteiger partial charge in [-0.15, -0.1) is 0 Å². The van der Waals surface area contributed by atoms with Crippen molar-refractivity contribution in [2.45, 2.75) is 23.8 Å². The lowest BCUT2D eigenvalue weighted by Crippen LogP contribution is -2.14. The Balaban J connectivity index is 2.05. The molecule has 0 unspecified atom stereocenters. The molecule has 24 heavy (non-hydrogen) atoms. The molecular formula is C19H18N2O2S. The number of nitrogens with one attached hydrogen (secondary N) is 1. The van der Waals surface area contributed by atoms with Gasteiger partial charge in [0.25, 0.3) is 0 Å². The van der Waals surface area contributed by atoms with E-state index in [1.165, 1.54) is 11.8 Å². The second kappa shape index (κ2) is 7.36. The summed E-state index contributed by atoms with van der Waals surface area (Å²) in [5.41, 5.74) is 3.77. The zero-order valence-corrected chi connectivity index (χ0v) is 14.1. The Bertz CT molecular complexity index is 759. The third-order valence-corrected chi connectivity index (χ3v) is 4.93. The van der Waals surface area contributed by atoms with Crippen LogP contribution in [0.1, 0.15) is 13.3 Å². The molecule has 2 N–H and O–H groups in total. The van der Waals surface area contributed by atoms with Crippen LogP contribution in [0.3, 0.4) is 0 Å². The van der Waals surface area contributed by atoms with Gasteiger partial charge in [-0.3, -0.25) is 4.79 Å². The van der Waals surface area contributed by atoms with Gasteiger partial charge in [0.15, 0.2) is 5.16 Å². The van der Waals surface area contributed by atoms with Gasteiger partial charge >= 0.3 is 5.97 Å². The van der Waals surface area contributed by atoms with E-state index >= 15 is 0 Å². The first-order chi connectivity index (χ1) is 11.7. The SMILES string of the molecule is CC[C@@H](Sc1nc(-c2ccccc2)c(-c2ccccc2)[nH]1)C(=O)O.